The summed E-state index contributed by atoms with van der Waals surface area (Å²) in [5.41, 5.74) is 1.48. The molecule has 0 aliphatic carbocycles. The predicted molar refractivity (Wildman–Crippen MR) is 110 cm³/mol. The highest BCUT2D eigenvalue weighted by Crippen LogP contribution is 2.32. The maximum Gasteiger partial charge on any atom is 0.338 e. The fourth-order valence-corrected chi connectivity index (χ4v) is 5.74. The van der Waals surface area contributed by atoms with Gasteiger partial charge in [-0.05, 0) is 50.3 Å². The second-order valence-electron chi connectivity index (χ2n) is 8.01. The number of sulfonamides is 1. The van der Waals surface area contributed by atoms with Gasteiger partial charge < -0.3 is 14.0 Å². The molecule has 9 heteroatoms. The summed E-state index contributed by atoms with van der Waals surface area (Å²) >= 11 is 0. The number of nitrogens with zero attached hydrogens (tertiary/aromatic N) is 2. The average Bonchev–Trinajstić information content (AvgIpc) is 3.02. The lowest BCUT2D eigenvalue weighted by Crippen LogP contribution is -2.42. The van der Waals surface area contributed by atoms with Crippen molar-refractivity contribution in [2.45, 2.75) is 45.6 Å². The summed E-state index contributed by atoms with van der Waals surface area (Å²) in [6, 6.07) is 4.30. The lowest BCUT2D eigenvalue weighted by molar-refractivity contribution is 0.0470. The van der Waals surface area contributed by atoms with Gasteiger partial charge in [0.2, 0.25) is 10.0 Å². The van der Waals surface area contributed by atoms with Crippen LogP contribution in [0.5, 0.6) is 5.75 Å². The first kappa shape index (κ1) is 22.3. The number of rotatable bonds is 6. The van der Waals surface area contributed by atoms with E-state index in [0.717, 1.165) is 6.42 Å². The molecule has 0 amide bonds. The van der Waals surface area contributed by atoms with E-state index in [1.165, 1.54) is 29.6 Å². The number of aryl methyl sites for hydroxylation is 2. The average molecular weight is 437 g/mol. The zero-order chi connectivity index (χ0) is 22.1. The van der Waals surface area contributed by atoms with Crippen molar-refractivity contribution in [3.8, 4) is 5.75 Å². The van der Waals surface area contributed by atoms with E-state index < -0.39 is 16.0 Å². The van der Waals surface area contributed by atoms with Crippen molar-refractivity contribution in [2.75, 3.05) is 20.2 Å². The summed E-state index contributed by atoms with van der Waals surface area (Å²) in [7, 11) is -2.41. The van der Waals surface area contributed by atoms with Gasteiger partial charge in [-0.25, -0.2) is 13.2 Å². The summed E-state index contributed by atoms with van der Waals surface area (Å²) in [4.78, 5) is 12.6. The Kier molecular flexibility index (Phi) is 6.52. The van der Waals surface area contributed by atoms with Crippen molar-refractivity contribution >= 4 is 16.0 Å². The molecule has 2 atom stereocenters. The standard InChI is InChI=1S/C21H28N2O6S/c1-13-8-14(2)11-23(10-13)30(25,26)20-9-17(6-7-19(20)27-5)21(24)28-12-18-15(3)22-29-16(18)4/h6-7,9,13-14H,8,10-12H2,1-5H3. The van der Waals surface area contributed by atoms with Gasteiger partial charge in [0.25, 0.3) is 0 Å². The molecule has 0 N–H and O–H groups in total. The van der Waals surface area contributed by atoms with Crippen LogP contribution in [0.15, 0.2) is 27.6 Å². The molecule has 1 aromatic carbocycles. The largest absolute Gasteiger partial charge is 0.495 e. The highest BCUT2D eigenvalue weighted by molar-refractivity contribution is 7.89. The second-order valence-corrected chi connectivity index (χ2v) is 9.92. The summed E-state index contributed by atoms with van der Waals surface area (Å²) in [6.45, 7) is 8.46. The van der Waals surface area contributed by atoms with E-state index in [9.17, 15) is 13.2 Å². The molecule has 1 aliphatic heterocycles. The third-order valence-electron chi connectivity index (χ3n) is 5.38. The molecule has 30 heavy (non-hydrogen) atoms. The van der Waals surface area contributed by atoms with E-state index in [1.807, 2.05) is 13.8 Å². The van der Waals surface area contributed by atoms with Crippen molar-refractivity contribution in [1.82, 2.24) is 9.46 Å². The molecule has 164 valence electrons. The summed E-state index contributed by atoms with van der Waals surface area (Å²) in [5.74, 6) is 0.666. The Bertz CT molecular complexity index is 1000. The molecular formula is C21H28N2O6S. The van der Waals surface area contributed by atoms with Crippen molar-refractivity contribution in [3.05, 3.63) is 40.8 Å². The number of methoxy groups -OCH3 is 1. The van der Waals surface area contributed by atoms with E-state index in [0.29, 0.717) is 30.1 Å². The molecule has 2 aromatic rings. The van der Waals surface area contributed by atoms with E-state index in [4.69, 9.17) is 14.0 Å². The lowest BCUT2D eigenvalue weighted by atomic mass is 9.94. The number of esters is 1. The van der Waals surface area contributed by atoms with Crippen LogP contribution in [-0.2, 0) is 21.4 Å². The fourth-order valence-electron chi connectivity index (χ4n) is 3.88. The van der Waals surface area contributed by atoms with Crippen LogP contribution in [0, 0.1) is 25.7 Å². The molecule has 0 saturated carbocycles. The van der Waals surface area contributed by atoms with Gasteiger partial charge in [-0.3, -0.25) is 0 Å². The Labute approximate surface area is 177 Å². The number of piperidine rings is 1. The molecule has 0 radical (unpaired) electrons. The molecular weight excluding hydrogens is 408 g/mol. The van der Waals surface area contributed by atoms with Gasteiger partial charge in [0.1, 0.15) is 23.0 Å². The van der Waals surface area contributed by atoms with Crippen LogP contribution in [0.1, 0.15) is 47.6 Å². The van der Waals surface area contributed by atoms with Crippen LogP contribution in [0.4, 0.5) is 0 Å². The maximum atomic E-state index is 13.3. The van der Waals surface area contributed by atoms with Crippen LogP contribution < -0.4 is 4.74 Å². The number of hydrogen-bond acceptors (Lipinski definition) is 7. The lowest BCUT2D eigenvalue weighted by Gasteiger charge is -2.34. The Morgan fingerprint density at radius 1 is 1.23 bits per heavy atom. The first-order valence-corrected chi connectivity index (χ1v) is 11.3. The molecule has 8 nitrogen and oxygen atoms in total. The highest BCUT2D eigenvalue weighted by Gasteiger charge is 2.34. The van der Waals surface area contributed by atoms with Crippen molar-refractivity contribution < 1.29 is 27.2 Å². The molecule has 1 saturated heterocycles. The van der Waals surface area contributed by atoms with Gasteiger partial charge in [-0.1, -0.05) is 19.0 Å². The van der Waals surface area contributed by atoms with Crippen molar-refractivity contribution in [1.29, 1.82) is 0 Å². The third-order valence-corrected chi connectivity index (χ3v) is 7.23. The number of carbonyl (C=O) groups excluding carboxylic acids is 1. The summed E-state index contributed by atoms with van der Waals surface area (Å²) in [5, 5.41) is 3.83. The molecule has 2 heterocycles. The van der Waals surface area contributed by atoms with Crippen LogP contribution in [0.2, 0.25) is 0 Å². The first-order valence-electron chi connectivity index (χ1n) is 9.90. The molecule has 1 aliphatic rings. The van der Waals surface area contributed by atoms with E-state index in [1.54, 1.807) is 13.8 Å². The van der Waals surface area contributed by atoms with E-state index in [2.05, 4.69) is 5.16 Å². The molecule has 1 fully saturated rings. The molecule has 0 bridgehead atoms. The molecule has 1 aromatic heterocycles. The van der Waals surface area contributed by atoms with Crippen LogP contribution in [0.25, 0.3) is 0 Å². The predicted octanol–water partition coefficient (Wildman–Crippen LogP) is 3.32. The van der Waals surface area contributed by atoms with Gasteiger partial charge >= 0.3 is 5.97 Å². The maximum absolute atomic E-state index is 13.3. The highest BCUT2D eigenvalue weighted by atomic mass is 32.2. The normalized spacial score (nSPS) is 20.2. The second kappa shape index (κ2) is 8.77. The van der Waals surface area contributed by atoms with Crippen LogP contribution >= 0.6 is 0 Å². The Balaban J connectivity index is 1.87. The van der Waals surface area contributed by atoms with Gasteiger partial charge in [-0.2, -0.15) is 4.31 Å². The number of aromatic nitrogens is 1. The number of carbonyl (C=O) groups is 1. The van der Waals surface area contributed by atoms with Gasteiger partial charge in [0.05, 0.1) is 23.9 Å². The Morgan fingerprint density at radius 3 is 2.47 bits per heavy atom. The summed E-state index contributed by atoms with van der Waals surface area (Å²) < 4.78 is 43.9. The molecule has 2 unspecified atom stereocenters. The van der Waals surface area contributed by atoms with Crippen molar-refractivity contribution in [2.24, 2.45) is 11.8 Å². The van der Waals surface area contributed by atoms with Gasteiger partial charge in [0.15, 0.2) is 0 Å². The van der Waals surface area contributed by atoms with Crippen LogP contribution in [0.3, 0.4) is 0 Å². The van der Waals surface area contributed by atoms with Gasteiger partial charge in [0, 0.05) is 13.1 Å². The topological polar surface area (TPSA) is 98.9 Å². The molecule has 0 spiro atoms. The molecule has 3 rings (SSSR count). The van der Waals surface area contributed by atoms with Crippen LogP contribution in [-0.4, -0.2) is 44.0 Å². The Morgan fingerprint density at radius 2 is 1.90 bits per heavy atom. The first-order chi connectivity index (χ1) is 14.1. The van der Waals surface area contributed by atoms with E-state index in [-0.39, 0.29) is 34.7 Å². The zero-order valence-electron chi connectivity index (χ0n) is 18.0. The van der Waals surface area contributed by atoms with Crippen molar-refractivity contribution in [3.63, 3.8) is 0 Å². The quantitative estimate of drug-likeness (QED) is 0.641. The Hall–Kier alpha value is -2.39. The monoisotopic (exact) mass is 436 g/mol. The minimum Gasteiger partial charge on any atom is -0.495 e. The summed E-state index contributed by atoms with van der Waals surface area (Å²) in [6.07, 6.45) is 0.983. The smallest absolute Gasteiger partial charge is 0.338 e. The minimum atomic E-state index is -3.82. The SMILES string of the molecule is COc1ccc(C(=O)OCc2c(C)noc2C)cc1S(=O)(=O)N1CC(C)CC(C)C1. The number of hydrogen-bond donors (Lipinski definition) is 0. The zero-order valence-corrected chi connectivity index (χ0v) is 18.8. The van der Waals surface area contributed by atoms with Gasteiger partial charge in [-0.15, -0.1) is 0 Å². The number of ether oxygens (including phenoxy) is 2. The number of benzene rings is 1. The third kappa shape index (κ3) is 4.52. The fraction of sp³-hybridized carbons (Fsp3) is 0.524. The minimum absolute atomic E-state index is 0.00470. The van der Waals surface area contributed by atoms with E-state index >= 15 is 0 Å².